The van der Waals surface area contributed by atoms with Gasteiger partial charge < -0.3 is 20.0 Å². The van der Waals surface area contributed by atoms with E-state index in [2.05, 4.69) is 10.3 Å². The molecule has 1 aliphatic rings. The average Bonchev–Trinajstić information content (AvgIpc) is 3.16. The summed E-state index contributed by atoms with van der Waals surface area (Å²) >= 11 is 1.58. The number of nitrogens with one attached hydrogen (secondary N) is 1. The van der Waals surface area contributed by atoms with Gasteiger partial charge in [-0.15, -0.1) is 0 Å². The van der Waals surface area contributed by atoms with E-state index in [1.807, 2.05) is 23.9 Å². The van der Waals surface area contributed by atoms with Crippen molar-refractivity contribution in [2.45, 2.75) is 48.7 Å². The van der Waals surface area contributed by atoms with Crippen molar-refractivity contribution in [1.82, 2.24) is 14.9 Å². The smallest absolute Gasteiger partial charge is 0.287 e. The first kappa shape index (κ1) is 16.1. The molecule has 0 bridgehead atoms. The zero-order valence-electron chi connectivity index (χ0n) is 13.2. The molecule has 0 radical (unpaired) electrons. The van der Waals surface area contributed by atoms with Crippen molar-refractivity contribution < 1.29 is 9.21 Å². The van der Waals surface area contributed by atoms with Gasteiger partial charge in [0.2, 0.25) is 0 Å². The lowest BCUT2D eigenvalue weighted by atomic mass is 9.92. The number of thioether (sulfide) groups is 1. The Labute approximate surface area is 139 Å². The van der Waals surface area contributed by atoms with Crippen LogP contribution in [0.1, 0.15) is 42.0 Å². The Balaban J connectivity index is 1.52. The van der Waals surface area contributed by atoms with Crippen LogP contribution in [-0.2, 0) is 12.8 Å². The highest BCUT2D eigenvalue weighted by atomic mass is 32.2. The summed E-state index contributed by atoms with van der Waals surface area (Å²) in [5.74, 6) is 1.65. The molecule has 124 valence electrons. The summed E-state index contributed by atoms with van der Waals surface area (Å²) in [6.07, 6.45) is 7.48. The lowest BCUT2D eigenvalue weighted by molar-refractivity contribution is 0.0896. The maximum atomic E-state index is 12.2. The number of nitrogens with zero attached hydrogens (tertiary/aromatic N) is 2. The number of hydrogen-bond donors (Lipinski definition) is 2. The first-order valence-electron chi connectivity index (χ1n) is 7.87. The van der Waals surface area contributed by atoms with Crippen LogP contribution in [0.15, 0.2) is 34.1 Å². The topological polar surface area (TPSA) is 86.1 Å². The van der Waals surface area contributed by atoms with Gasteiger partial charge in [-0.2, -0.15) is 0 Å². The molecule has 7 heteroatoms. The van der Waals surface area contributed by atoms with E-state index >= 15 is 0 Å². The molecule has 1 amide bonds. The highest BCUT2D eigenvalue weighted by Crippen LogP contribution is 2.22. The van der Waals surface area contributed by atoms with E-state index in [0.717, 1.165) is 36.6 Å². The predicted molar refractivity (Wildman–Crippen MR) is 89.2 cm³/mol. The summed E-state index contributed by atoms with van der Waals surface area (Å²) in [7, 11) is 1.95. The Bertz CT molecular complexity index is 659. The maximum absolute atomic E-state index is 12.2. The lowest BCUT2D eigenvalue weighted by Crippen LogP contribution is -2.40. The fourth-order valence-electron chi connectivity index (χ4n) is 2.72. The molecular weight excluding hydrogens is 312 g/mol. The molecule has 0 saturated heterocycles. The summed E-state index contributed by atoms with van der Waals surface area (Å²) in [4.78, 5) is 16.5. The number of rotatable bonds is 5. The third-order valence-electron chi connectivity index (χ3n) is 4.11. The molecule has 1 fully saturated rings. The van der Waals surface area contributed by atoms with Gasteiger partial charge in [0.05, 0.1) is 5.75 Å². The van der Waals surface area contributed by atoms with Crippen LogP contribution >= 0.6 is 11.8 Å². The summed E-state index contributed by atoms with van der Waals surface area (Å²) in [5, 5.41) is 3.96. The first-order valence-corrected chi connectivity index (χ1v) is 8.85. The van der Waals surface area contributed by atoms with E-state index in [1.54, 1.807) is 24.0 Å². The molecule has 0 unspecified atom stereocenters. The van der Waals surface area contributed by atoms with Crippen molar-refractivity contribution >= 4 is 17.7 Å². The Morgan fingerprint density at radius 3 is 2.91 bits per heavy atom. The quantitative estimate of drug-likeness (QED) is 0.820. The molecule has 23 heavy (non-hydrogen) atoms. The minimum atomic E-state index is -0.140. The molecule has 0 spiro atoms. The highest BCUT2D eigenvalue weighted by Gasteiger charge is 2.21. The second kappa shape index (κ2) is 7.23. The number of hydrogen-bond acceptors (Lipinski definition) is 5. The molecule has 2 aromatic rings. The van der Waals surface area contributed by atoms with Crippen LogP contribution in [0, 0.1) is 0 Å². The molecule has 6 nitrogen and oxygen atoms in total. The SMILES string of the molecule is Cn1ccnc1SCc1ccc(C(=O)NC2CCC(N)CC2)o1. The summed E-state index contributed by atoms with van der Waals surface area (Å²) in [6, 6.07) is 4.07. The molecule has 3 N–H and O–H groups in total. The molecule has 0 aromatic carbocycles. The minimum absolute atomic E-state index is 0.140. The van der Waals surface area contributed by atoms with Crippen molar-refractivity contribution in [3.63, 3.8) is 0 Å². The number of aromatic nitrogens is 2. The summed E-state index contributed by atoms with van der Waals surface area (Å²) in [6.45, 7) is 0. The number of amides is 1. The van der Waals surface area contributed by atoms with E-state index in [-0.39, 0.29) is 18.0 Å². The Morgan fingerprint density at radius 1 is 1.43 bits per heavy atom. The van der Waals surface area contributed by atoms with Gasteiger partial charge in [0.1, 0.15) is 5.76 Å². The molecule has 0 aliphatic heterocycles. The number of carbonyl (C=O) groups is 1. The lowest BCUT2D eigenvalue weighted by Gasteiger charge is -2.26. The molecular formula is C16H22N4O2S. The number of nitrogens with two attached hydrogens (primary N) is 1. The second-order valence-electron chi connectivity index (χ2n) is 5.96. The zero-order valence-corrected chi connectivity index (χ0v) is 14.0. The second-order valence-corrected chi connectivity index (χ2v) is 6.90. The van der Waals surface area contributed by atoms with Gasteiger partial charge in [-0.1, -0.05) is 11.8 Å². The third kappa shape index (κ3) is 4.17. The van der Waals surface area contributed by atoms with Gasteiger partial charge in [0.25, 0.3) is 5.91 Å². The molecule has 0 atom stereocenters. The van der Waals surface area contributed by atoms with Gasteiger partial charge in [0, 0.05) is 31.5 Å². The molecule has 3 rings (SSSR count). The van der Waals surface area contributed by atoms with E-state index in [0.29, 0.717) is 11.5 Å². The van der Waals surface area contributed by atoms with Gasteiger partial charge >= 0.3 is 0 Å². The van der Waals surface area contributed by atoms with Crippen molar-refractivity contribution in [2.24, 2.45) is 12.8 Å². The van der Waals surface area contributed by atoms with Crippen molar-refractivity contribution in [1.29, 1.82) is 0 Å². The van der Waals surface area contributed by atoms with Crippen LogP contribution in [0.25, 0.3) is 0 Å². The molecule has 1 aliphatic carbocycles. The van der Waals surface area contributed by atoms with Crippen molar-refractivity contribution in [3.05, 3.63) is 36.0 Å². The van der Waals surface area contributed by atoms with E-state index in [1.165, 1.54) is 0 Å². The van der Waals surface area contributed by atoms with Crippen LogP contribution < -0.4 is 11.1 Å². The van der Waals surface area contributed by atoms with Crippen LogP contribution in [0.4, 0.5) is 0 Å². The Morgan fingerprint density at radius 2 is 2.22 bits per heavy atom. The van der Waals surface area contributed by atoms with Crippen molar-refractivity contribution in [2.75, 3.05) is 0 Å². The predicted octanol–water partition coefficient (Wildman–Crippen LogP) is 2.31. The summed E-state index contributed by atoms with van der Waals surface area (Å²) < 4.78 is 7.61. The number of carbonyl (C=O) groups excluding carboxylic acids is 1. The van der Waals surface area contributed by atoms with Gasteiger partial charge in [0.15, 0.2) is 10.9 Å². The largest absolute Gasteiger partial charge is 0.455 e. The molecule has 2 aromatic heterocycles. The number of furan rings is 1. The van der Waals surface area contributed by atoms with Crippen LogP contribution in [-0.4, -0.2) is 27.5 Å². The highest BCUT2D eigenvalue weighted by molar-refractivity contribution is 7.98. The minimum Gasteiger partial charge on any atom is -0.455 e. The van der Waals surface area contributed by atoms with Crippen LogP contribution in [0.3, 0.4) is 0 Å². The van der Waals surface area contributed by atoms with Crippen LogP contribution in [0.2, 0.25) is 0 Å². The number of imidazole rings is 1. The zero-order chi connectivity index (χ0) is 16.2. The van der Waals surface area contributed by atoms with Crippen LogP contribution in [0.5, 0.6) is 0 Å². The molecule has 2 heterocycles. The number of aryl methyl sites for hydroxylation is 1. The Hall–Kier alpha value is -1.73. The van der Waals surface area contributed by atoms with Gasteiger partial charge in [-0.05, 0) is 37.8 Å². The molecule has 1 saturated carbocycles. The van der Waals surface area contributed by atoms with E-state index in [4.69, 9.17) is 10.2 Å². The normalized spacial score (nSPS) is 21.3. The average molecular weight is 334 g/mol. The van der Waals surface area contributed by atoms with Crippen molar-refractivity contribution in [3.8, 4) is 0 Å². The van der Waals surface area contributed by atoms with E-state index in [9.17, 15) is 4.79 Å². The maximum Gasteiger partial charge on any atom is 0.287 e. The van der Waals surface area contributed by atoms with E-state index < -0.39 is 0 Å². The summed E-state index contributed by atoms with van der Waals surface area (Å²) in [5.41, 5.74) is 5.89. The fraction of sp³-hybridized carbons (Fsp3) is 0.500. The van der Waals surface area contributed by atoms with Gasteiger partial charge in [-0.25, -0.2) is 4.98 Å². The Kier molecular flexibility index (Phi) is 5.07. The standard InChI is InChI=1S/C16H22N4O2S/c1-20-9-8-18-16(20)23-10-13-6-7-14(22-13)15(21)19-12-4-2-11(17)3-5-12/h6-9,11-12H,2-5,10,17H2,1H3,(H,19,21). The monoisotopic (exact) mass is 334 g/mol. The van der Waals surface area contributed by atoms with Gasteiger partial charge in [-0.3, -0.25) is 4.79 Å². The third-order valence-corrected chi connectivity index (χ3v) is 5.19. The fourth-order valence-corrected chi connectivity index (χ4v) is 3.55. The first-order chi connectivity index (χ1) is 11.1.